The van der Waals surface area contributed by atoms with Crippen LogP contribution in [0.15, 0.2) is 43.9 Å². The lowest BCUT2D eigenvalue weighted by Crippen LogP contribution is -1.88. The number of nitrogens with zero attached hydrogens (tertiary/aromatic N) is 2. The van der Waals surface area contributed by atoms with Crippen LogP contribution in [0.5, 0.6) is 0 Å². The summed E-state index contributed by atoms with van der Waals surface area (Å²) in [4.78, 5) is 0. The Hall–Kier alpha value is -0.780. The Labute approximate surface area is 98.3 Å². The van der Waals surface area contributed by atoms with Crippen molar-refractivity contribution in [1.29, 1.82) is 5.41 Å². The highest BCUT2D eigenvalue weighted by Gasteiger charge is 1.98. The molecule has 0 heterocycles. The van der Waals surface area contributed by atoms with Gasteiger partial charge < -0.3 is 5.41 Å². The standard InChI is InChI=1S/C10H14IN3/c1-6(7(2)11)9(4)13-14-10(5)8(3)12/h12H,2,5H2,1,3-4H3/b9-6+,12-8?,14-13?. The molecule has 0 amide bonds. The van der Waals surface area contributed by atoms with E-state index in [-0.39, 0.29) is 0 Å². The lowest BCUT2D eigenvalue weighted by molar-refractivity contribution is 1.07. The van der Waals surface area contributed by atoms with E-state index in [1.165, 1.54) is 0 Å². The Morgan fingerprint density at radius 3 is 2.00 bits per heavy atom. The zero-order valence-electron chi connectivity index (χ0n) is 8.69. The molecule has 0 aromatic rings. The molecule has 0 aromatic heterocycles. The molecule has 0 aliphatic heterocycles. The fraction of sp³-hybridized carbons (Fsp3) is 0.300. The summed E-state index contributed by atoms with van der Waals surface area (Å²) in [6.07, 6.45) is 0. The van der Waals surface area contributed by atoms with Crippen LogP contribution in [0, 0.1) is 5.41 Å². The number of halogens is 1. The van der Waals surface area contributed by atoms with Crippen molar-refractivity contribution in [2.75, 3.05) is 0 Å². The van der Waals surface area contributed by atoms with Crippen molar-refractivity contribution in [1.82, 2.24) is 0 Å². The Kier molecular flexibility index (Phi) is 5.52. The molecule has 0 aliphatic rings. The van der Waals surface area contributed by atoms with Gasteiger partial charge in [-0.3, -0.25) is 0 Å². The number of hydrogen-bond donors (Lipinski definition) is 1. The first-order valence-electron chi connectivity index (χ1n) is 4.04. The predicted molar refractivity (Wildman–Crippen MR) is 68.9 cm³/mol. The van der Waals surface area contributed by atoms with Crippen LogP contribution in [-0.4, -0.2) is 5.71 Å². The molecule has 0 spiro atoms. The summed E-state index contributed by atoms with van der Waals surface area (Å²) in [7, 11) is 0. The lowest BCUT2D eigenvalue weighted by atomic mass is 10.2. The number of hydrogen-bond acceptors (Lipinski definition) is 3. The molecule has 3 nitrogen and oxygen atoms in total. The van der Waals surface area contributed by atoms with Crippen molar-refractivity contribution in [2.24, 2.45) is 10.2 Å². The minimum atomic E-state index is 0.326. The van der Waals surface area contributed by atoms with E-state index < -0.39 is 0 Å². The van der Waals surface area contributed by atoms with Gasteiger partial charge in [-0.1, -0.05) is 13.2 Å². The van der Waals surface area contributed by atoms with E-state index in [2.05, 4.69) is 46.0 Å². The maximum Gasteiger partial charge on any atom is 0.0989 e. The quantitative estimate of drug-likeness (QED) is 0.350. The van der Waals surface area contributed by atoms with Gasteiger partial charge in [0.25, 0.3) is 0 Å². The van der Waals surface area contributed by atoms with Crippen LogP contribution in [0.2, 0.25) is 0 Å². The smallest absolute Gasteiger partial charge is 0.0989 e. The zero-order valence-corrected chi connectivity index (χ0v) is 10.8. The molecule has 0 saturated carbocycles. The molecular formula is C10H14IN3. The molecule has 0 atom stereocenters. The van der Waals surface area contributed by atoms with Gasteiger partial charge in [0.2, 0.25) is 0 Å². The summed E-state index contributed by atoms with van der Waals surface area (Å²) in [5.41, 5.74) is 2.51. The van der Waals surface area contributed by atoms with Gasteiger partial charge >= 0.3 is 0 Å². The topological polar surface area (TPSA) is 48.6 Å². The Balaban J connectivity index is 4.70. The third-order valence-electron chi connectivity index (χ3n) is 1.70. The average Bonchev–Trinajstić information content (AvgIpc) is 2.11. The van der Waals surface area contributed by atoms with Crippen LogP contribution >= 0.6 is 22.6 Å². The summed E-state index contributed by atoms with van der Waals surface area (Å²) in [5.74, 6) is 0. The number of azo groups is 1. The van der Waals surface area contributed by atoms with E-state index in [0.717, 1.165) is 14.8 Å². The fourth-order valence-electron chi connectivity index (χ4n) is 0.482. The zero-order chi connectivity index (χ0) is 11.3. The molecule has 0 aliphatic carbocycles. The molecule has 0 aromatic carbocycles. The van der Waals surface area contributed by atoms with Crippen LogP contribution in [0.3, 0.4) is 0 Å². The molecule has 76 valence electrons. The fourth-order valence-corrected chi connectivity index (χ4v) is 0.872. The Bertz CT molecular complexity index is 337. The van der Waals surface area contributed by atoms with Crippen molar-refractivity contribution in [3.63, 3.8) is 0 Å². The highest BCUT2D eigenvalue weighted by molar-refractivity contribution is 14.1. The van der Waals surface area contributed by atoms with Crippen molar-refractivity contribution in [3.05, 3.63) is 33.7 Å². The van der Waals surface area contributed by atoms with Crippen molar-refractivity contribution in [2.45, 2.75) is 20.8 Å². The molecule has 0 saturated heterocycles. The van der Waals surface area contributed by atoms with Crippen LogP contribution in [0.4, 0.5) is 0 Å². The summed E-state index contributed by atoms with van der Waals surface area (Å²) in [5, 5.41) is 15.0. The third kappa shape index (κ3) is 4.45. The van der Waals surface area contributed by atoms with Gasteiger partial charge in [-0.15, -0.1) is 5.11 Å². The number of rotatable bonds is 4. The maximum absolute atomic E-state index is 7.25. The van der Waals surface area contributed by atoms with Gasteiger partial charge in [0, 0.05) is 3.58 Å². The normalized spacial score (nSPS) is 12.6. The summed E-state index contributed by atoms with van der Waals surface area (Å²) >= 11 is 2.14. The molecule has 0 rings (SSSR count). The van der Waals surface area contributed by atoms with E-state index in [0.29, 0.717) is 11.4 Å². The van der Waals surface area contributed by atoms with Gasteiger partial charge in [-0.05, 0) is 48.9 Å². The van der Waals surface area contributed by atoms with Gasteiger partial charge in [0.1, 0.15) is 0 Å². The van der Waals surface area contributed by atoms with Gasteiger partial charge in [0.15, 0.2) is 0 Å². The van der Waals surface area contributed by atoms with E-state index in [9.17, 15) is 0 Å². The molecule has 1 N–H and O–H groups in total. The van der Waals surface area contributed by atoms with Gasteiger partial charge in [0.05, 0.1) is 17.1 Å². The van der Waals surface area contributed by atoms with Crippen molar-refractivity contribution >= 4 is 28.3 Å². The molecule has 0 unspecified atom stereocenters. The first-order chi connectivity index (χ1) is 6.36. The second-order valence-electron chi connectivity index (χ2n) is 2.89. The summed E-state index contributed by atoms with van der Waals surface area (Å²) in [6.45, 7) is 12.8. The lowest BCUT2D eigenvalue weighted by Gasteiger charge is -1.99. The molecular weight excluding hydrogens is 289 g/mol. The van der Waals surface area contributed by atoms with Crippen molar-refractivity contribution < 1.29 is 0 Å². The Morgan fingerprint density at radius 2 is 1.64 bits per heavy atom. The van der Waals surface area contributed by atoms with Gasteiger partial charge in [-0.2, -0.15) is 5.11 Å². The van der Waals surface area contributed by atoms with Crippen molar-refractivity contribution in [3.8, 4) is 0 Å². The minimum absolute atomic E-state index is 0.326. The van der Waals surface area contributed by atoms with Crippen LogP contribution < -0.4 is 0 Å². The van der Waals surface area contributed by atoms with E-state index in [1.54, 1.807) is 6.92 Å². The predicted octanol–water partition coefficient (Wildman–Crippen LogP) is 4.23. The Morgan fingerprint density at radius 1 is 1.14 bits per heavy atom. The number of allylic oxidation sites excluding steroid dienone is 4. The number of nitrogens with one attached hydrogen (secondary N) is 1. The summed E-state index contributed by atoms with van der Waals surface area (Å²) < 4.78 is 0.941. The molecule has 0 fully saturated rings. The molecule has 0 radical (unpaired) electrons. The third-order valence-corrected chi connectivity index (χ3v) is 2.51. The second kappa shape index (κ2) is 5.85. The first kappa shape index (κ1) is 13.2. The monoisotopic (exact) mass is 303 g/mol. The highest BCUT2D eigenvalue weighted by Crippen LogP contribution is 2.19. The maximum atomic E-state index is 7.25. The SMILES string of the molecule is C=C(N=N/C(C)=C(\C)C(=C)I)C(C)=N. The highest BCUT2D eigenvalue weighted by atomic mass is 127. The minimum Gasteiger partial charge on any atom is -0.303 e. The molecule has 4 heteroatoms. The second-order valence-corrected chi connectivity index (χ2v) is 4.19. The molecule has 0 bridgehead atoms. The van der Waals surface area contributed by atoms with Gasteiger partial charge in [-0.25, -0.2) is 0 Å². The van der Waals surface area contributed by atoms with E-state index in [1.807, 2.05) is 13.8 Å². The van der Waals surface area contributed by atoms with E-state index in [4.69, 9.17) is 5.41 Å². The van der Waals surface area contributed by atoms with Crippen LogP contribution in [-0.2, 0) is 0 Å². The van der Waals surface area contributed by atoms with E-state index >= 15 is 0 Å². The van der Waals surface area contributed by atoms with Crippen LogP contribution in [0.25, 0.3) is 0 Å². The average molecular weight is 303 g/mol. The van der Waals surface area contributed by atoms with Crippen LogP contribution in [0.1, 0.15) is 20.8 Å². The largest absolute Gasteiger partial charge is 0.303 e. The summed E-state index contributed by atoms with van der Waals surface area (Å²) in [6, 6.07) is 0. The first-order valence-corrected chi connectivity index (χ1v) is 5.12. The molecule has 14 heavy (non-hydrogen) atoms.